The van der Waals surface area contributed by atoms with E-state index >= 15 is 0 Å². The highest BCUT2D eigenvalue weighted by Gasteiger charge is 1.99. The van der Waals surface area contributed by atoms with Gasteiger partial charge in [0.2, 0.25) is 0 Å². The van der Waals surface area contributed by atoms with Crippen molar-refractivity contribution in [1.82, 2.24) is 0 Å². The minimum absolute atomic E-state index is 0.137. The third kappa shape index (κ3) is 5.44. The Labute approximate surface area is 97.7 Å². The van der Waals surface area contributed by atoms with Gasteiger partial charge in [0.05, 0.1) is 0 Å². The van der Waals surface area contributed by atoms with E-state index in [0.717, 1.165) is 11.1 Å². The highest BCUT2D eigenvalue weighted by atomic mass is 16.1. The lowest BCUT2D eigenvalue weighted by molar-refractivity contribution is -0.119. The number of benzene rings is 1. The molecule has 0 aliphatic rings. The number of carbonyl (C=O) groups is 2. The molecular formula is C14H20O2. The van der Waals surface area contributed by atoms with E-state index in [0.29, 0.717) is 0 Å². The normalized spacial score (nSPS) is 9.38. The van der Waals surface area contributed by atoms with Crippen LogP contribution in [0.3, 0.4) is 0 Å². The molecule has 0 heterocycles. The maximum atomic E-state index is 10.9. The lowest BCUT2D eigenvalue weighted by atomic mass is 10.1. The molecule has 0 unspecified atom stereocenters. The van der Waals surface area contributed by atoms with Crippen molar-refractivity contribution in [3.05, 3.63) is 35.4 Å². The van der Waals surface area contributed by atoms with Crippen LogP contribution in [0.25, 0.3) is 0 Å². The molecule has 0 amide bonds. The van der Waals surface area contributed by atoms with Crippen LogP contribution in [0.5, 0.6) is 0 Å². The summed E-state index contributed by atoms with van der Waals surface area (Å²) in [5.41, 5.74) is 1.87. The molecule has 0 aromatic heterocycles. The summed E-state index contributed by atoms with van der Waals surface area (Å²) in [4.78, 5) is 21.0. The first-order valence-corrected chi connectivity index (χ1v) is 5.43. The highest BCUT2D eigenvalue weighted by Crippen LogP contribution is 2.06. The largest absolute Gasteiger partial charge is 0.300 e. The maximum absolute atomic E-state index is 10.9. The van der Waals surface area contributed by atoms with Crippen LogP contribution in [-0.2, 0) is 4.79 Å². The summed E-state index contributed by atoms with van der Waals surface area (Å²) in [6, 6.07) is 7.60. The highest BCUT2D eigenvalue weighted by molar-refractivity contribution is 5.95. The molecular weight excluding hydrogens is 200 g/mol. The summed E-state index contributed by atoms with van der Waals surface area (Å²) in [7, 11) is 0. The number of carbonyl (C=O) groups excluding carboxylic acids is 2. The quantitative estimate of drug-likeness (QED) is 0.715. The summed E-state index contributed by atoms with van der Waals surface area (Å²) < 4.78 is 0. The molecule has 0 fully saturated rings. The van der Waals surface area contributed by atoms with E-state index in [4.69, 9.17) is 0 Å². The molecule has 16 heavy (non-hydrogen) atoms. The second-order valence-corrected chi connectivity index (χ2v) is 4.14. The Morgan fingerprint density at radius 3 is 1.75 bits per heavy atom. The van der Waals surface area contributed by atoms with Crippen molar-refractivity contribution >= 4 is 11.6 Å². The molecule has 0 atom stereocenters. The van der Waals surface area contributed by atoms with E-state index in [1.54, 1.807) is 13.8 Å². The minimum atomic E-state index is 0.137. The monoisotopic (exact) mass is 220 g/mol. The molecule has 1 aromatic carbocycles. The molecule has 0 saturated carbocycles. The smallest absolute Gasteiger partial charge is 0.160 e. The zero-order valence-electron chi connectivity index (χ0n) is 10.7. The topological polar surface area (TPSA) is 34.1 Å². The van der Waals surface area contributed by atoms with Gasteiger partial charge in [-0.05, 0) is 26.3 Å². The van der Waals surface area contributed by atoms with Gasteiger partial charge in [0.25, 0.3) is 0 Å². The van der Waals surface area contributed by atoms with Crippen molar-refractivity contribution in [1.29, 1.82) is 0 Å². The van der Waals surface area contributed by atoms with Gasteiger partial charge in [-0.15, -0.1) is 0 Å². The Morgan fingerprint density at radius 1 is 1.06 bits per heavy atom. The van der Waals surface area contributed by atoms with Gasteiger partial charge in [0, 0.05) is 11.5 Å². The van der Waals surface area contributed by atoms with Crippen LogP contribution in [0.15, 0.2) is 24.3 Å². The Kier molecular flexibility index (Phi) is 6.31. The zero-order chi connectivity index (χ0) is 12.7. The molecule has 0 radical (unpaired) electrons. The number of aryl methyl sites for hydroxylation is 1. The molecule has 1 aromatic rings. The van der Waals surface area contributed by atoms with Crippen LogP contribution < -0.4 is 0 Å². The molecule has 0 bridgehead atoms. The fourth-order valence-electron chi connectivity index (χ4n) is 0.968. The van der Waals surface area contributed by atoms with E-state index < -0.39 is 0 Å². The summed E-state index contributed by atoms with van der Waals surface area (Å²) in [6.45, 7) is 8.91. The second-order valence-electron chi connectivity index (χ2n) is 4.14. The summed E-state index contributed by atoms with van der Waals surface area (Å²) in [5.74, 6) is 0.609. The molecule has 0 spiro atoms. The molecule has 2 heteroatoms. The number of hydrogen-bond acceptors (Lipinski definition) is 2. The summed E-state index contributed by atoms with van der Waals surface area (Å²) >= 11 is 0. The van der Waals surface area contributed by atoms with E-state index in [2.05, 4.69) is 0 Å². The molecule has 88 valence electrons. The predicted molar refractivity (Wildman–Crippen MR) is 66.7 cm³/mol. The van der Waals surface area contributed by atoms with Gasteiger partial charge in [-0.3, -0.25) is 9.59 Å². The van der Waals surface area contributed by atoms with Crippen LogP contribution in [-0.4, -0.2) is 11.6 Å². The minimum Gasteiger partial charge on any atom is -0.300 e. The predicted octanol–water partition coefficient (Wildman–Crippen LogP) is 3.43. The van der Waals surface area contributed by atoms with Crippen molar-refractivity contribution in [2.24, 2.45) is 5.92 Å². The van der Waals surface area contributed by atoms with Gasteiger partial charge >= 0.3 is 0 Å². The number of Topliss-reactive ketones (excluding diaryl/α,β-unsaturated/α-hetero) is 2. The first kappa shape index (κ1) is 14.6. The SMILES string of the molecule is CC(=O)C(C)C.CC(=O)c1ccccc1C. The van der Waals surface area contributed by atoms with Crippen molar-refractivity contribution in [3.63, 3.8) is 0 Å². The van der Waals surface area contributed by atoms with Crippen molar-refractivity contribution in [3.8, 4) is 0 Å². The summed E-state index contributed by atoms with van der Waals surface area (Å²) in [6.07, 6.45) is 0. The fourth-order valence-corrected chi connectivity index (χ4v) is 0.968. The number of ketones is 2. The molecule has 2 nitrogen and oxygen atoms in total. The number of rotatable bonds is 2. The zero-order valence-corrected chi connectivity index (χ0v) is 10.7. The van der Waals surface area contributed by atoms with E-state index in [9.17, 15) is 9.59 Å². The van der Waals surface area contributed by atoms with Crippen LogP contribution in [0.2, 0.25) is 0 Å². The van der Waals surface area contributed by atoms with Gasteiger partial charge in [-0.2, -0.15) is 0 Å². The average Bonchev–Trinajstić information content (AvgIpc) is 2.18. The lowest BCUT2D eigenvalue weighted by Gasteiger charge is -1.97. The summed E-state index contributed by atoms with van der Waals surface area (Å²) in [5, 5.41) is 0. The Balaban J connectivity index is 0.000000325. The van der Waals surface area contributed by atoms with Crippen molar-refractivity contribution in [2.75, 3.05) is 0 Å². The Morgan fingerprint density at radius 2 is 1.50 bits per heavy atom. The molecule has 0 N–H and O–H groups in total. The van der Waals surface area contributed by atoms with Gasteiger partial charge in [0.1, 0.15) is 5.78 Å². The van der Waals surface area contributed by atoms with Crippen molar-refractivity contribution < 1.29 is 9.59 Å². The van der Waals surface area contributed by atoms with E-state index in [1.165, 1.54) is 0 Å². The molecule has 0 saturated heterocycles. The Hall–Kier alpha value is -1.44. The molecule has 0 aliphatic carbocycles. The second kappa shape index (κ2) is 6.94. The third-order valence-electron chi connectivity index (χ3n) is 2.34. The molecule has 0 aliphatic heterocycles. The van der Waals surface area contributed by atoms with Crippen molar-refractivity contribution in [2.45, 2.75) is 34.6 Å². The molecule has 1 rings (SSSR count). The first-order valence-electron chi connectivity index (χ1n) is 5.43. The van der Waals surface area contributed by atoms with Crippen LogP contribution >= 0.6 is 0 Å². The standard InChI is InChI=1S/C9H10O.C5H10O/c1-7-5-3-4-6-9(7)8(2)10;1-4(2)5(3)6/h3-6H,1-2H3;4H,1-3H3. The first-order chi connectivity index (χ1) is 7.36. The Bertz CT molecular complexity index is 365. The van der Waals surface area contributed by atoms with Gasteiger partial charge in [-0.25, -0.2) is 0 Å². The fraction of sp³-hybridized carbons (Fsp3) is 0.429. The number of hydrogen-bond donors (Lipinski definition) is 0. The van der Waals surface area contributed by atoms with Gasteiger partial charge in [-0.1, -0.05) is 38.1 Å². The van der Waals surface area contributed by atoms with Gasteiger partial charge in [0.15, 0.2) is 5.78 Å². The maximum Gasteiger partial charge on any atom is 0.160 e. The van der Waals surface area contributed by atoms with E-state index in [1.807, 2.05) is 45.0 Å². The van der Waals surface area contributed by atoms with Gasteiger partial charge < -0.3 is 0 Å². The van der Waals surface area contributed by atoms with Crippen LogP contribution in [0, 0.1) is 12.8 Å². The van der Waals surface area contributed by atoms with Crippen LogP contribution in [0.4, 0.5) is 0 Å². The van der Waals surface area contributed by atoms with E-state index in [-0.39, 0.29) is 17.5 Å². The average molecular weight is 220 g/mol. The lowest BCUT2D eigenvalue weighted by Crippen LogP contribution is -1.98. The third-order valence-corrected chi connectivity index (χ3v) is 2.34. The van der Waals surface area contributed by atoms with Crippen LogP contribution in [0.1, 0.15) is 43.6 Å².